The van der Waals surface area contributed by atoms with Crippen LogP contribution >= 0.6 is 11.6 Å². The smallest absolute Gasteiger partial charge is 0.430 e. The highest BCUT2D eigenvalue weighted by Gasteiger charge is 2.71. The average Bonchev–Trinajstić information content (AvgIpc) is 3.64. The number of benzene rings is 3. The number of halogens is 7. The van der Waals surface area contributed by atoms with E-state index in [9.17, 15) is 31.4 Å². The minimum atomic E-state index is -5.95. The second-order valence-electron chi connectivity index (χ2n) is 9.90. The molecule has 41 heavy (non-hydrogen) atoms. The molecule has 13 heteroatoms. The number of ether oxygens (including phenoxy) is 3. The van der Waals surface area contributed by atoms with E-state index >= 15 is 0 Å². The molecule has 0 saturated carbocycles. The molecular formula is C28H21ClF6N2O4. The summed E-state index contributed by atoms with van der Waals surface area (Å²) < 4.78 is 96.5. The molecule has 3 atom stereocenters. The second-order valence-corrected chi connectivity index (χ2v) is 10.3. The fourth-order valence-corrected chi connectivity index (χ4v) is 5.47. The van der Waals surface area contributed by atoms with Crippen LogP contribution in [0.15, 0.2) is 60.7 Å². The molecule has 0 radical (unpaired) electrons. The number of H-pyrrole nitrogens is 1. The first-order valence-electron chi connectivity index (χ1n) is 12.5. The van der Waals surface area contributed by atoms with Crippen LogP contribution in [0.3, 0.4) is 0 Å². The van der Waals surface area contributed by atoms with E-state index in [0.717, 1.165) is 18.6 Å². The van der Waals surface area contributed by atoms with Crippen LogP contribution in [-0.2, 0) is 15.1 Å². The van der Waals surface area contributed by atoms with Crippen LogP contribution in [0.1, 0.15) is 12.0 Å². The maximum absolute atomic E-state index is 13.2. The fraction of sp³-hybridized carbons (Fsp3) is 0.321. The molecular weight excluding hydrogens is 578 g/mol. The molecule has 0 spiro atoms. The highest BCUT2D eigenvalue weighted by atomic mass is 35.5. The lowest BCUT2D eigenvalue weighted by Crippen LogP contribution is -2.53. The van der Waals surface area contributed by atoms with Crippen LogP contribution in [0, 0.1) is 0 Å². The highest BCUT2D eigenvalue weighted by molar-refractivity contribution is 6.34. The Labute approximate surface area is 233 Å². The molecule has 6 rings (SSSR count). The molecule has 4 aromatic rings. The zero-order valence-corrected chi connectivity index (χ0v) is 21.6. The van der Waals surface area contributed by atoms with Gasteiger partial charge in [-0.05, 0) is 35.2 Å². The summed E-state index contributed by atoms with van der Waals surface area (Å²) >= 11 is 6.54. The van der Waals surface area contributed by atoms with Crippen LogP contribution < -0.4 is 4.74 Å². The van der Waals surface area contributed by atoms with Crippen molar-refractivity contribution in [2.75, 3.05) is 13.2 Å². The number of aromatic amines is 1. The van der Waals surface area contributed by atoms with Gasteiger partial charge in [0.25, 0.3) is 11.6 Å². The summed E-state index contributed by atoms with van der Waals surface area (Å²) in [7, 11) is 0. The summed E-state index contributed by atoms with van der Waals surface area (Å²) in [6.07, 6.45) is -11.5. The number of fused-ring (bicyclic) bond motifs is 2. The molecule has 0 aliphatic carbocycles. The predicted molar refractivity (Wildman–Crippen MR) is 136 cm³/mol. The Balaban J connectivity index is 1.22. The minimum absolute atomic E-state index is 0.0225. The molecule has 3 heterocycles. The van der Waals surface area contributed by atoms with Crippen molar-refractivity contribution < 1.29 is 45.7 Å². The molecule has 2 aliphatic heterocycles. The predicted octanol–water partition coefficient (Wildman–Crippen LogP) is 6.80. The monoisotopic (exact) mass is 598 g/mol. The fourth-order valence-electron chi connectivity index (χ4n) is 5.19. The van der Waals surface area contributed by atoms with Gasteiger partial charge in [0.2, 0.25) is 0 Å². The van der Waals surface area contributed by atoms with Crippen molar-refractivity contribution in [2.24, 2.45) is 0 Å². The molecule has 2 saturated heterocycles. The Morgan fingerprint density at radius 2 is 1.49 bits per heavy atom. The van der Waals surface area contributed by atoms with Crippen molar-refractivity contribution in [2.45, 2.75) is 42.7 Å². The van der Waals surface area contributed by atoms with Crippen LogP contribution in [0.5, 0.6) is 6.01 Å². The van der Waals surface area contributed by atoms with E-state index in [1.54, 1.807) is 36.4 Å². The third kappa shape index (κ3) is 4.82. The number of nitrogens with zero attached hydrogens (tertiary/aromatic N) is 1. The largest absolute Gasteiger partial charge is 0.456 e. The Morgan fingerprint density at radius 3 is 2.12 bits per heavy atom. The molecule has 216 valence electrons. The van der Waals surface area contributed by atoms with E-state index in [0.29, 0.717) is 69.7 Å². The Kier molecular flexibility index (Phi) is 6.72. The van der Waals surface area contributed by atoms with Gasteiger partial charge in [0, 0.05) is 17.7 Å². The minimum Gasteiger partial charge on any atom is -0.456 e. The Hall–Kier alpha value is -3.32. The molecule has 3 unspecified atom stereocenters. The van der Waals surface area contributed by atoms with Gasteiger partial charge < -0.3 is 24.3 Å². The lowest BCUT2D eigenvalue weighted by Gasteiger charge is -2.32. The first-order chi connectivity index (χ1) is 19.3. The van der Waals surface area contributed by atoms with Crippen molar-refractivity contribution in [3.05, 3.63) is 71.2 Å². The average molecular weight is 599 g/mol. The summed E-state index contributed by atoms with van der Waals surface area (Å²) in [4.78, 5) is 7.62. The van der Waals surface area contributed by atoms with E-state index in [2.05, 4.69) is 9.97 Å². The molecule has 6 nitrogen and oxygen atoms in total. The van der Waals surface area contributed by atoms with Crippen molar-refractivity contribution in [3.8, 4) is 28.3 Å². The number of alkyl halides is 6. The van der Waals surface area contributed by atoms with Crippen LogP contribution in [0.25, 0.3) is 33.3 Å². The Bertz CT molecular complexity index is 1560. The summed E-state index contributed by atoms with van der Waals surface area (Å²) in [5, 5.41) is 10.0. The van der Waals surface area contributed by atoms with Crippen LogP contribution in [-0.4, -0.2) is 59.0 Å². The zero-order chi connectivity index (χ0) is 29.2. The molecule has 3 aromatic carbocycles. The first-order valence-corrected chi connectivity index (χ1v) is 12.9. The summed E-state index contributed by atoms with van der Waals surface area (Å²) in [5.41, 5.74) is -2.80. The molecule has 1 aromatic heterocycles. The number of aliphatic hydroxyl groups is 1. The van der Waals surface area contributed by atoms with E-state index in [1.165, 1.54) is 0 Å². The van der Waals surface area contributed by atoms with Crippen molar-refractivity contribution >= 4 is 22.6 Å². The summed E-state index contributed by atoms with van der Waals surface area (Å²) in [6.45, 7) is 1.02. The van der Waals surface area contributed by atoms with E-state index < -0.39 is 23.5 Å². The molecule has 2 N–H and O–H groups in total. The van der Waals surface area contributed by atoms with Gasteiger partial charge in [-0.2, -0.15) is 31.3 Å². The van der Waals surface area contributed by atoms with Gasteiger partial charge in [-0.15, -0.1) is 0 Å². The standard InChI is InChI=1S/C28H21ClF6N2O4/c29-19-12-21-20(36-25(37-21)41-23-13-40-22-9-10-39-24(22)23)11-18(19)16-3-1-14(2-4-16)15-5-7-17(8-6-15)26(38,27(30,31)32)28(33,34)35/h1-8,11-12,22-24,38H,9-10,13H2,(H,36,37). The normalized spacial score (nSPS) is 21.4. The van der Waals surface area contributed by atoms with Crippen LogP contribution in [0.2, 0.25) is 5.02 Å². The maximum Gasteiger partial charge on any atom is 0.430 e. The van der Waals surface area contributed by atoms with E-state index in [-0.39, 0.29) is 18.3 Å². The van der Waals surface area contributed by atoms with Gasteiger partial charge in [-0.1, -0.05) is 60.1 Å². The van der Waals surface area contributed by atoms with Crippen LogP contribution in [0.4, 0.5) is 26.3 Å². The van der Waals surface area contributed by atoms with Gasteiger partial charge in [0.05, 0.1) is 28.8 Å². The van der Waals surface area contributed by atoms with Crippen molar-refractivity contribution in [3.63, 3.8) is 0 Å². The number of nitrogens with one attached hydrogen (secondary N) is 1. The molecule has 2 fully saturated rings. The summed E-state index contributed by atoms with van der Waals surface area (Å²) in [5.74, 6) is 0. The summed E-state index contributed by atoms with van der Waals surface area (Å²) in [6, 6.07) is 13.9. The van der Waals surface area contributed by atoms with Gasteiger partial charge in [0.15, 0.2) is 6.10 Å². The second kappa shape index (κ2) is 9.90. The molecule has 0 bridgehead atoms. The van der Waals surface area contributed by atoms with E-state index in [4.69, 9.17) is 25.8 Å². The Morgan fingerprint density at radius 1 is 0.878 bits per heavy atom. The lowest BCUT2D eigenvalue weighted by molar-refractivity contribution is -0.376. The number of hydrogen-bond donors (Lipinski definition) is 2. The van der Waals surface area contributed by atoms with Gasteiger partial charge in [0.1, 0.15) is 6.10 Å². The SMILES string of the molecule is OC(c1ccc(-c2ccc(-c3cc4nc(OC5COC6CCOC65)[nH]c4cc3Cl)cc2)cc1)(C(F)(F)F)C(F)(F)F. The van der Waals surface area contributed by atoms with Crippen molar-refractivity contribution in [1.82, 2.24) is 9.97 Å². The highest BCUT2D eigenvalue weighted by Crippen LogP contribution is 2.50. The number of hydrogen-bond acceptors (Lipinski definition) is 5. The topological polar surface area (TPSA) is 76.6 Å². The van der Waals surface area contributed by atoms with E-state index in [1.807, 2.05) is 0 Å². The number of aromatic nitrogens is 2. The van der Waals surface area contributed by atoms with Crippen molar-refractivity contribution in [1.29, 1.82) is 0 Å². The van der Waals surface area contributed by atoms with Gasteiger partial charge in [-0.25, -0.2) is 0 Å². The number of rotatable bonds is 5. The third-order valence-corrected chi connectivity index (χ3v) is 7.70. The lowest BCUT2D eigenvalue weighted by atomic mass is 9.90. The van der Waals surface area contributed by atoms with Gasteiger partial charge >= 0.3 is 12.4 Å². The number of imidazole rings is 1. The first kappa shape index (κ1) is 27.8. The van der Waals surface area contributed by atoms with Gasteiger partial charge in [-0.3, -0.25) is 0 Å². The molecule has 2 aliphatic rings. The quantitative estimate of drug-likeness (QED) is 0.247. The zero-order valence-electron chi connectivity index (χ0n) is 20.9. The maximum atomic E-state index is 13.2. The molecule has 0 amide bonds. The third-order valence-electron chi connectivity index (χ3n) is 7.38.